The van der Waals surface area contributed by atoms with E-state index < -0.39 is 0 Å². The number of nitrogens with two attached hydrogens (primary N) is 1. The minimum Gasteiger partial charge on any atom is -0.330 e. The zero-order chi connectivity index (χ0) is 17.2. The summed E-state index contributed by atoms with van der Waals surface area (Å²) in [5, 5.41) is 3.09. The molecule has 4 nitrogen and oxygen atoms in total. The molecule has 0 saturated carbocycles. The van der Waals surface area contributed by atoms with Crippen LogP contribution in [0.3, 0.4) is 0 Å². The highest BCUT2D eigenvalue weighted by molar-refractivity contribution is 7.99. The fourth-order valence-electron chi connectivity index (χ4n) is 2.92. The van der Waals surface area contributed by atoms with E-state index in [4.69, 9.17) is 5.73 Å². The van der Waals surface area contributed by atoms with Crippen LogP contribution in [0.15, 0.2) is 18.2 Å². The Kier molecular flexibility index (Phi) is 14.3. The maximum Gasteiger partial charge on any atom is 0.224 e. The normalized spacial score (nSPS) is 14.2. The molecular formula is C19H33Cl2N3OS. The molecule has 7 heteroatoms. The minimum atomic E-state index is 0. The van der Waals surface area contributed by atoms with Crippen LogP contribution in [0.25, 0.3) is 0 Å². The Bertz CT molecular complexity index is 526. The Labute approximate surface area is 174 Å². The topological polar surface area (TPSA) is 58.4 Å². The maximum atomic E-state index is 12.1. The highest BCUT2D eigenvalue weighted by Gasteiger charge is 2.12. The molecule has 0 aliphatic carbocycles. The Morgan fingerprint density at radius 2 is 1.85 bits per heavy atom. The molecule has 2 rings (SSSR count). The van der Waals surface area contributed by atoms with Gasteiger partial charge in [0.15, 0.2) is 0 Å². The lowest BCUT2D eigenvalue weighted by Crippen LogP contribution is -2.32. The van der Waals surface area contributed by atoms with Gasteiger partial charge in [0.2, 0.25) is 5.91 Å². The first-order valence-electron chi connectivity index (χ1n) is 9.08. The number of carbonyl (C=O) groups is 1. The van der Waals surface area contributed by atoms with Crippen LogP contribution in [0.2, 0.25) is 0 Å². The average Bonchev–Trinajstić information content (AvgIpc) is 2.59. The van der Waals surface area contributed by atoms with E-state index in [1.807, 2.05) is 11.8 Å². The summed E-state index contributed by atoms with van der Waals surface area (Å²) in [5.41, 5.74) is 8.86. The van der Waals surface area contributed by atoms with Gasteiger partial charge in [-0.15, -0.1) is 24.8 Å². The fourth-order valence-corrected chi connectivity index (χ4v) is 3.89. The van der Waals surface area contributed by atoms with Crippen molar-refractivity contribution in [1.82, 2.24) is 4.90 Å². The van der Waals surface area contributed by atoms with Gasteiger partial charge in [0.05, 0.1) is 0 Å². The third-order valence-electron chi connectivity index (χ3n) is 4.44. The monoisotopic (exact) mass is 421 g/mol. The standard InChI is InChI=1S/C19H31N3OS.2ClH/c1-16-7-8-17(15-22-10-12-24-13-11-22)14-18(16)21-19(23)6-4-2-3-5-9-20;;/h7-8,14H,2-6,9-13,15,20H2,1H3,(H,21,23);2*1H. The second-order valence-corrected chi connectivity index (χ2v) is 7.76. The van der Waals surface area contributed by atoms with Crippen LogP contribution >= 0.6 is 36.6 Å². The third kappa shape index (κ3) is 9.47. The Morgan fingerprint density at radius 1 is 1.15 bits per heavy atom. The fraction of sp³-hybridized carbons (Fsp3) is 0.632. The molecule has 1 amide bonds. The van der Waals surface area contributed by atoms with E-state index in [1.54, 1.807) is 0 Å². The molecule has 1 fully saturated rings. The highest BCUT2D eigenvalue weighted by atomic mass is 35.5. The number of carbonyl (C=O) groups excluding carboxylic acids is 1. The van der Waals surface area contributed by atoms with Crippen molar-refractivity contribution in [2.45, 2.75) is 45.6 Å². The molecular weight excluding hydrogens is 389 g/mol. The van der Waals surface area contributed by atoms with Crippen LogP contribution in [0, 0.1) is 6.92 Å². The van der Waals surface area contributed by atoms with Crippen molar-refractivity contribution in [3.63, 3.8) is 0 Å². The molecule has 150 valence electrons. The largest absolute Gasteiger partial charge is 0.330 e. The number of hydrogen-bond acceptors (Lipinski definition) is 4. The summed E-state index contributed by atoms with van der Waals surface area (Å²) in [6.07, 6.45) is 4.79. The average molecular weight is 422 g/mol. The summed E-state index contributed by atoms with van der Waals surface area (Å²) in [6, 6.07) is 6.44. The van der Waals surface area contributed by atoms with Gasteiger partial charge < -0.3 is 11.1 Å². The number of aryl methyl sites for hydroxylation is 1. The predicted molar refractivity (Wildman–Crippen MR) is 119 cm³/mol. The van der Waals surface area contributed by atoms with E-state index in [0.29, 0.717) is 6.42 Å². The lowest BCUT2D eigenvalue weighted by Gasteiger charge is -2.26. The molecule has 1 aliphatic heterocycles. The zero-order valence-corrected chi connectivity index (χ0v) is 18.1. The lowest BCUT2D eigenvalue weighted by atomic mass is 10.1. The molecule has 26 heavy (non-hydrogen) atoms. The van der Waals surface area contributed by atoms with Gasteiger partial charge in [-0.05, 0) is 43.5 Å². The van der Waals surface area contributed by atoms with E-state index in [9.17, 15) is 4.79 Å². The van der Waals surface area contributed by atoms with E-state index in [0.717, 1.165) is 63.1 Å². The molecule has 0 aromatic heterocycles. The van der Waals surface area contributed by atoms with Crippen molar-refractivity contribution in [1.29, 1.82) is 0 Å². The first-order chi connectivity index (χ1) is 11.7. The number of unbranched alkanes of at least 4 members (excludes halogenated alkanes) is 3. The van der Waals surface area contributed by atoms with Gasteiger partial charge in [-0.1, -0.05) is 25.0 Å². The summed E-state index contributed by atoms with van der Waals surface area (Å²) in [6.45, 7) is 6.08. The van der Waals surface area contributed by atoms with Gasteiger partial charge in [0, 0.05) is 43.2 Å². The SMILES string of the molecule is Cc1ccc(CN2CCSCC2)cc1NC(=O)CCCCCCN.Cl.Cl. The molecule has 0 radical (unpaired) electrons. The van der Waals surface area contributed by atoms with Crippen molar-refractivity contribution in [2.75, 3.05) is 36.5 Å². The van der Waals surface area contributed by atoms with Crippen LogP contribution < -0.4 is 11.1 Å². The number of nitrogens with zero attached hydrogens (tertiary/aromatic N) is 1. The van der Waals surface area contributed by atoms with Crippen LogP contribution in [-0.4, -0.2) is 41.9 Å². The Balaban J connectivity index is 0.00000312. The molecule has 1 aromatic carbocycles. The maximum absolute atomic E-state index is 12.1. The summed E-state index contributed by atoms with van der Waals surface area (Å²) >= 11 is 2.03. The van der Waals surface area contributed by atoms with Gasteiger partial charge in [-0.25, -0.2) is 0 Å². The van der Waals surface area contributed by atoms with E-state index >= 15 is 0 Å². The van der Waals surface area contributed by atoms with Crippen molar-refractivity contribution in [3.05, 3.63) is 29.3 Å². The molecule has 1 saturated heterocycles. The molecule has 0 unspecified atom stereocenters. The molecule has 1 aromatic rings. The van der Waals surface area contributed by atoms with Gasteiger partial charge >= 0.3 is 0 Å². The summed E-state index contributed by atoms with van der Waals surface area (Å²) < 4.78 is 0. The lowest BCUT2D eigenvalue weighted by molar-refractivity contribution is -0.116. The number of halogens is 2. The second-order valence-electron chi connectivity index (χ2n) is 6.54. The first-order valence-corrected chi connectivity index (χ1v) is 10.2. The number of anilines is 1. The number of thioether (sulfide) groups is 1. The number of benzene rings is 1. The second kappa shape index (κ2) is 14.6. The van der Waals surface area contributed by atoms with E-state index in [-0.39, 0.29) is 30.7 Å². The third-order valence-corrected chi connectivity index (χ3v) is 5.39. The van der Waals surface area contributed by atoms with Crippen LogP contribution in [0.4, 0.5) is 5.69 Å². The van der Waals surface area contributed by atoms with Crippen molar-refractivity contribution in [3.8, 4) is 0 Å². The smallest absolute Gasteiger partial charge is 0.224 e. The molecule has 0 bridgehead atoms. The first kappa shape index (κ1) is 25.5. The van der Waals surface area contributed by atoms with Gasteiger partial charge in [0.25, 0.3) is 0 Å². The van der Waals surface area contributed by atoms with Gasteiger partial charge in [0.1, 0.15) is 0 Å². The van der Waals surface area contributed by atoms with Crippen LogP contribution in [0.1, 0.15) is 43.2 Å². The summed E-state index contributed by atoms with van der Waals surface area (Å²) in [4.78, 5) is 14.6. The number of hydrogen-bond donors (Lipinski definition) is 2. The summed E-state index contributed by atoms with van der Waals surface area (Å²) in [5.74, 6) is 2.57. The van der Waals surface area contributed by atoms with Crippen molar-refractivity contribution < 1.29 is 4.79 Å². The number of amides is 1. The molecule has 0 spiro atoms. The van der Waals surface area contributed by atoms with Crippen LogP contribution in [-0.2, 0) is 11.3 Å². The molecule has 3 N–H and O–H groups in total. The number of rotatable bonds is 9. The quantitative estimate of drug-likeness (QED) is 0.585. The minimum absolute atomic E-state index is 0. The Morgan fingerprint density at radius 3 is 2.54 bits per heavy atom. The molecule has 1 heterocycles. The van der Waals surface area contributed by atoms with Gasteiger partial charge in [-0.3, -0.25) is 9.69 Å². The molecule has 0 atom stereocenters. The van der Waals surface area contributed by atoms with Gasteiger partial charge in [-0.2, -0.15) is 11.8 Å². The van der Waals surface area contributed by atoms with Crippen molar-refractivity contribution in [2.24, 2.45) is 5.73 Å². The zero-order valence-electron chi connectivity index (χ0n) is 15.7. The van der Waals surface area contributed by atoms with E-state index in [2.05, 4.69) is 35.3 Å². The highest BCUT2D eigenvalue weighted by Crippen LogP contribution is 2.20. The molecule has 1 aliphatic rings. The number of nitrogens with one attached hydrogen (secondary N) is 1. The van der Waals surface area contributed by atoms with E-state index in [1.165, 1.54) is 17.1 Å². The Hall–Kier alpha value is -0.460. The summed E-state index contributed by atoms with van der Waals surface area (Å²) in [7, 11) is 0. The van der Waals surface area contributed by atoms with Crippen molar-refractivity contribution >= 4 is 48.2 Å². The predicted octanol–water partition coefficient (Wildman–Crippen LogP) is 4.24. The van der Waals surface area contributed by atoms with Crippen LogP contribution in [0.5, 0.6) is 0 Å².